The monoisotopic (exact) mass is 259 g/mol. The summed E-state index contributed by atoms with van der Waals surface area (Å²) in [7, 11) is 1.60. The van der Waals surface area contributed by atoms with E-state index in [-0.39, 0.29) is 5.84 Å². The van der Waals surface area contributed by atoms with E-state index in [9.17, 15) is 0 Å². The second-order valence-electron chi connectivity index (χ2n) is 3.64. The lowest BCUT2D eigenvalue weighted by Gasteiger charge is -2.06. The number of amidine groups is 1. The van der Waals surface area contributed by atoms with E-state index in [0.29, 0.717) is 17.2 Å². The van der Waals surface area contributed by atoms with Crippen LogP contribution in [0.25, 0.3) is 0 Å². The van der Waals surface area contributed by atoms with Crippen molar-refractivity contribution in [3.05, 3.63) is 48.3 Å². The lowest BCUT2D eigenvalue weighted by molar-refractivity contribution is 0.318. The van der Waals surface area contributed by atoms with Crippen molar-refractivity contribution in [2.45, 2.75) is 0 Å². The summed E-state index contributed by atoms with van der Waals surface area (Å²) in [6.07, 6.45) is 1.50. The first-order valence-corrected chi connectivity index (χ1v) is 5.49. The number of benzene rings is 1. The number of hydrogen-bond donors (Lipinski definition) is 2. The summed E-state index contributed by atoms with van der Waals surface area (Å²) in [5, 5.41) is 11.4. The van der Waals surface area contributed by atoms with E-state index in [4.69, 9.17) is 20.4 Å². The van der Waals surface area contributed by atoms with E-state index in [2.05, 4.69) is 10.1 Å². The van der Waals surface area contributed by atoms with Gasteiger partial charge in [-0.3, -0.25) is 0 Å². The number of rotatable bonds is 4. The van der Waals surface area contributed by atoms with Crippen molar-refractivity contribution in [2.75, 3.05) is 7.11 Å². The standard InChI is InChI=1S/C13H13N3O3/c1-18-9-2-4-10(5-3-9)19-11-6-7-12(15-8-11)13(14)16-17/h2-8,17H,1H3,(H2,14,16). The smallest absolute Gasteiger partial charge is 0.188 e. The number of ether oxygens (including phenoxy) is 2. The molecule has 0 amide bonds. The van der Waals surface area contributed by atoms with Gasteiger partial charge in [-0.2, -0.15) is 0 Å². The molecule has 6 heteroatoms. The van der Waals surface area contributed by atoms with Crippen LogP contribution in [0.3, 0.4) is 0 Å². The van der Waals surface area contributed by atoms with Crippen LogP contribution in [0.5, 0.6) is 17.2 Å². The van der Waals surface area contributed by atoms with Gasteiger partial charge in [0.15, 0.2) is 5.84 Å². The minimum absolute atomic E-state index is 0.0454. The first kappa shape index (κ1) is 12.7. The van der Waals surface area contributed by atoms with Crippen LogP contribution in [0, 0.1) is 0 Å². The average molecular weight is 259 g/mol. The fraction of sp³-hybridized carbons (Fsp3) is 0.0769. The van der Waals surface area contributed by atoms with Gasteiger partial charge in [-0.05, 0) is 36.4 Å². The Morgan fingerprint density at radius 1 is 1.11 bits per heavy atom. The molecule has 6 nitrogen and oxygen atoms in total. The van der Waals surface area contributed by atoms with Crippen molar-refractivity contribution in [1.82, 2.24) is 4.98 Å². The van der Waals surface area contributed by atoms with Gasteiger partial charge in [0.25, 0.3) is 0 Å². The molecule has 1 aromatic carbocycles. The molecule has 0 aliphatic carbocycles. The summed E-state index contributed by atoms with van der Waals surface area (Å²) in [5.74, 6) is 1.93. The van der Waals surface area contributed by atoms with Crippen LogP contribution in [0.1, 0.15) is 5.69 Å². The maximum atomic E-state index is 8.52. The summed E-state index contributed by atoms with van der Waals surface area (Å²) >= 11 is 0. The predicted molar refractivity (Wildman–Crippen MR) is 69.8 cm³/mol. The van der Waals surface area contributed by atoms with Gasteiger partial charge in [-0.1, -0.05) is 5.16 Å². The Bertz CT molecular complexity index is 565. The van der Waals surface area contributed by atoms with Crippen molar-refractivity contribution in [1.29, 1.82) is 0 Å². The molecule has 0 bridgehead atoms. The van der Waals surface area contributed by atoms with E-state index in [1.807, 2.05) is 0 Å². The number of pyridine rings is 1. The highest BCUT2D eigenvalue weighted by molar-refractivity contribution is 5.95. The van der Waals surface area contributed by atoms with Crippen molar-refractivity contribution in [2.24, 2.45) is 10.9 Å². The molecular weight excluding hydrogens is 246 g/mol. The lowest BCUT2D eigenvalue weighted by atomic mass is 10.3. The van der Waals surface area contributed by atoms with Crippen molar-refractivity contribution >= 4 is 5.84 Å². The zero-order chi connectivity index (χ0) is 13.7. The number of nitrogens with two attached hydrogens (primary N) is 1. The van der Waals surface area contributed by atoms with Crippen molar-refractivity contribution in [3.63, 3.8) is 0 Å². The SMILES string of the molecule is COc1ccc(Oc2ccc(/C(N)=N/O)nc2)cc1. The molecule has 1 aromatic heterocycles. The first-order chi connectivity index (χ1) is 9.22. The van der Waals surface area contributed by atoms with Crippen molar-refractivity contribution in [3.8, 4) is 17.2 Å². The molecule has 0 atom stereocenters. The number of hydrogen-bond acceptors (Lipinski definition) is 5. The molecule has 19 heavy (non-hydrogen) atoms. The van der Waals surface area contributed by atoms with Gasteiger partial charge in [0.2, 0.25) is 0 Å². The molecule has 0 spiro atoms. The third kappa shape index (κ3) is 3.12. The van der Waals surface area contributed by atoms with Crippen LogP contribution in [0.4, 0.5) is 0 Å². The Balaban J connectivity index is 2.10. The van der Waals surface area contributed by atoms with Gasteiger partial charge in [0, 0.05) is 0 Å². The highest BCUT2D eigenvalue weighted by Crippen LogP contribution is 2.23. The Morgan fingerprint density at radius 2 is 1.74 bits per heavy atom. The van der Waals surface area contributed by atoms with E-state index in [0.717, 1.165) is 5.75 Å². The van der Waals surface area contributed by atoms with Gasteiger partial charge in [-0.25, -0.2) is 4.98 Å². The number of aromatic nitrogens is 1. The van der Waals surface area contributed by atoms with Crippen molar-refractivity contribution < 1.29 is 14.7 Å². The largest absolute Gasteiger partial charge is 0.497 e. The fourth-order valence-electron chi connectivity index (χ4n) is 1.42. The summed E-state index contributed by atoms with van der Waals surface area (Å²) < 4.78 is 10.6. The molecular formula is C13H13N3O3. The molecule has 0 saturated carbocycles. The number of nitrogens with zero attached hydrogens (tertiary/aromatic N) is 2. The second-order valence-corrected chi connectivity index (χ2v) is 3.64. The minimum Gasteiger partial charge on any atom is -0.497 e. The molecule has 1 heterocycles. The summed E-state index contributed by atoms with van der Waals surface area (Å²) in [6, 6.07) is 10.5. The van der Waals surface area contributed by atoms with E-state index >= 15 is 0 Å². The van der Waals surface area contributed by atoms with Gasteiger partial charge >= 0.3 is 0 Å². The molecule has 0 aliphatic rings. The molecule has 0 aliphatic heterocycles. The molecule has 0 saturated heterocycles. The molecule has 0 radical (unpaired) electrons. The quantitative estimate of drug-likeness (QED) is 0.379. The lowest BCUT2D eigenvalue weighted by Crippen LogP contribution is -2.14. The van der Waals surface area contributed by atoms with E-state index in [1.54, 1.807) is 43.5 Å². The first-order valence-electron chi connectivity index (χ1n) is 5.49. The van der Waals surface area contributed by atoms with Crippen LogP contribution < -0.4 is 15.2 Å². The Morgan fingerprint density at radius 3 is 2.26 bits per heavy atom. The van der Waals surface area contributed by atoms with Crippen LogP contribution >= 0.6 is 0 Å². The van der Waals surface area contributed by atoms with Crippen LogP contribution in [0.15, 0.2) is 47.8 Å². The maximum Gasteiger partial charge on any atom is 0.188 e. The Hall–Kier alpha value is -2.76. The van der Waals surface area contributed by atoms with Gasteiger partial charge < -0.3 is 20.4 Å². The van der Waals surface area contributed by atoms with E-state index < -0.39 is 0 Å². The maximum absolute atomic E-state index is 8.52. The zero-order valence-corrected chi connectivity index (χ0v) is 10.3. The third-order valence-corrected chi connectivity index (χ3v) is 2.40. The molecule has 98 valence electrons. The Labute approximate surface area is 110 Å². The third-order valence-electron chi connectivity index (χ3n) is 2.40. The zero-order valence-electron chi connectivity index (χ0n) is 10.3. The van der Waals surface area contributed by atoms with Gasteiger partial charge in [-0.15, -0.1) is 0 Å². The van der Waals surface area contributed by atoms with Crippen LogP contribution in [-0.4, -0.2) is 23.1 Å². The summed E-state index contributed by atoms with van der Waals surface area (Å²) in [6.45, 7) is 0. The average Bonchev–Trinajstić information content (AvgIpc) is 2.48. The molecule has 0 fully saturated rings. The second kappa shape index (κ2) is 5.72. The molecule has 3 N–H and O–H groups in total. The van der Waals surface area contributed by atoms with E-state index in [1.165, 1.54) is 6.20 Å². The Kier molecular flexibility index (Phi) is 3.82. The predicted octanol–water partition coefficient (Wildman–Crippen LogP) is 1.98. The summed E-state index contributed by atoms with van der Waals surface area (Å²) in [5.41, 5.74) is 5.79. The molecule has 2 aromatic rings. The van der Waals surface area contributed by atoms with Gasteiger partial charge in [0.1, 0.15) is 22.9 Å². The summed E-state index contributed by atoms with van der Waals surface area (Å²) in [4.78, 5) is 4.01. The number of oxime groups is 1. The normalized spacial score (nSPS) is 11.1. The van der Waals surface area contributed by atoms with Gasteiger partial charge in [0.05, 0.1) is 13.3 Å². The number of methoxy groups -OCH3 is 1. The molecule has 2 rings (SSSR count). The fourth-order valence-corrected chi connectivity index (χ4v) is 1.42. The van der Waals surface area contributed by atoms with Crippen LogP contribution in [0.2, 0.25) is 0 Å². The highest BCUT2D eigenvalue weighted by Gasteiger charge is 2.02. The molecule has 0 unspecified atom stereocenters. The van der Waals surface area contributed by atoms with Crippen LogP contribution in [-0.2, 0) is 0 Å². The topological polar surface area (TPSA) is 90.0 Å². The minimum atomic E-state index is -0.0454. The highest BCUT2D eigenvalue weighted by atomic mass is 16.5.